The molecule has 0 spiro atoms. The predicted octanol–water partition coefficient (Wildman–Crippen LogP) is 1.76. The zero-order valence-corrected chi connectivity index (χ0v) is 10.6. The largest absolute Gasteiger partial charge is 0.445 e. The third-order valence-electron chi connectivity index (χ3n) is 3.42. The molecule has 0 saturated carbocycles. The number of ether oxygens (including phenoxy) is 1. The summed E-state index contributed by atoms with van der Waals surface area (Å²) in [7, 11) is 0. The van der Waals surface area contributed by atoms with E-state index in [0.29, 0.717) is 0 Å². The summed E-state index contributed by atoms with van der Waals surface area (Å²) in [6.07, 6.45) is 2.50. The Bertz CT molecular complexity index is 573. The molecule has 5 nitrogen and oxygen atoms in total. The number of benzene rings is 1. The van der Waals surface area contributed by atoms with E-state index in [4.69, 9.17) is 4.74 Å². The number of fused-ring (bicyclic) bond motifs is 1. The standard InChI is InChI=1S/C14H17N3O2/c18-14(17-11-5-6-15-8-11)19-9-10-7-16-13-4-2-1-3-12(10)13/h1-4,7,11,15-16H,5-6,8-9H2,(H,17,18). The number of alkyl carbamates (subject to hydrolysis) is 1. The lowest BCUT2D eigenvalue weighted by Crippen LogP contribution is -2.36. The van der Waals surface area contributed by atoms with Crippen molar-refractivity contribution in [3.05, 3.63) is 36.0 Å². The van der Waals surface area contributed by atoms with Crippen LogP contribution in [0.4, 0.5) is 4.79 Å². The molecule has 1 amide bonds. The first-order valence-corrected chi connectivity index (χ1v) is 6.52. The van der Waals surface area contributed by atoms with Gasteiger partial charge in [-0.05, 0) is 19.0 Å². The Kier molecular flexibility index (Phi) is 3.37. The van der Waals surface area contributed by atoms with Gasteiger partial charge in [-0.2, -0.15) is 0 Å². The van der Waals surface area contributed by atoms with Gasteiger partial charge in [0.05, 0.1) is 0 Å². The minimum absolute atomic E-state index is 0.190. The maximum absolute atomic E-state index is 11.7. The number of hydrogen-bond donors (Lipinski definition) is 3. The molecule has 0 radical (unpaired) electrons. The fraction of sp³-hybridized carbons (Fsp3) is 0.357. The summed E-state index contributed by atoms with van der Waals surface area (Å²) in [4.78, 5) is 14.8. The SMILES string of the molecule is O=C(NC1CCNC1)OCc1c[nH]c2ccccc12. The van der Waals surface area contributed by atoms with Gasteiger partial charge >= 0.3 is 6.09 Å². The Morgan fingerprint density at radius 1 is 1.42 bits per heavy atom. The first kappa shape index (κ1) is 12.0. The average molecular weight is 259 g/mol. The van der Waals surface area contributed by atoms with Gasteiger partial charge in [-0.15, -0.1) is 0 Å². The molecular weight excluding hydrogens is 242 g/mol. The molecule has 3 N–H and O–H groups in total. The van der Waals surface area contributed by atoms with Gasteiger partial charge in [0, 0.05) is 35.2 Å². The first-order valence-electron chi connectivity index (χ1n) is 6.52. The Hall–Kier alpha value is -2.01. The number of para-hydroxylation sites is 1. The molecule has 0 aliphatic carbocycles. The van der Waals surface area contributed by atoms with Crippen molar-refractivity contribution in [1.29, 1.82) is 0 Å². The van der Waals surface area contributed by atoms with Gasteiger partial charge in [0.1, 0.15) is 6.61 Å². The molecule has 5 heteroatoms. The quantitative estimate of drug-likeness (QED) is 0.787. The molecule has 1 aromatic heterocycles. The lowest BCUT2D eigenvalue weighted by molar-refractivity contribution is 0.137. The van der Waals surface area contributed by atoms with E-state index < -0.39 is 0 Å². The zero-order valence-electron chi connectivity index (χ0n) is 10.6. The van der Waals surface area contributed by atoms with E-state index in [1.165, 1.54) is 0 Å². The number of nitrogens with one attached hydrogen (secondary N) is 3. The summed E-state index contributed by atoms with van der Waals surface area (Å²) < 4.78 is 5.26. The molecule has 1 fully saturated rings. The number of rotatable bonds is 3. The summed E-state index contributed by atoms with van der Waals surface area (Å²) >= 11 is 0. The first-order chi connectivity index (χ1) is 9.33. The maximum Gasteiger partial charge on any atom is 0.407 e. The number of carbonyl (C=O) groups is 1. The van der Waals surface area contributed by atoms with Crippen LogP contribution in [-0.4, -0.2) is 30.2 Å². The van der Waals surface area contributed by atoms with Crippen LogP contribution in [0, 0.1) is 0 Å². The molecule has 1 aromatic carbocycles. The second-order valence-electron chi connectivity index (χ2n) is 4.77. The van der Waals surface area contributed by atoms with Gasteiger partial charge in [0.2, 0.25) is 0 Å². The van der Waals surface area contributed by atoms with Crippen molar-refractivity contribution in [1.82, 2.24) is 15.6 Å². The summed E-state index contributed by atoms with van der Waals surface area (Å²) in [6.45, 7) is 2.06. The van der Waals surface area contributed by atoms with Gasteiger partial charge in [0.15, 0.2) is 0 Å². The molecule has 3 rings (SSSR count). The summed E-state index contributed by atoms with van der Waals surface area (Å²) in [5, 5.41) is 7.15. The van der Waals surface area contributed by atoms with Gasteiger partial charge < -0.3 is 20.4 Å². The van der Waals surface area contributed by atoms with Gasteiger partial charge in [0.25, 0.3) is 0 Å². The van der Waals surface area contributed by atoms with E-state index in [1.54, 1.807) is 0 Å². The second kappa shape index (κ2) is 5.32. The van der Waals surface area contributed by atoms with Crippen LogP contribution in [0.5, 0.6) is 0 Å². The number of hydrogen-bond acceptors (Lipinski definition) is 3. The molecule has 2 heterocycles. The lowest BCUT2D eigenvalue weighted by atomic mass is 10.2. The molecule has 1 unspecified atom stereocenters. The average Bonchev–Trinajstić information content (AvgIpc) is 3.05. The molecule has 2 aromatic rings. The van der Waals surface area contributed by atoms with Crippen molar-refractivity contribution in [2.45, 2.75) is 19.1 Å². The molecule has 19 heavy (non-hydrogen) atoms. The summed E-state index contributed by atoms with van der Waals surface area (Å²) in [5.41, 5.74) is 2.05. The van der Waals surface area contributed by atoms with E-state index in [9.17, 15) is 4.79 Å². The van der Waals surface area contributed by atoms with Crippen molar-refractivity contribution >= 4 is 17.0 Å². The molecular formula is C14H17N3O2. The number of aromatic amines is 1. The number of amides is 1. The topological polar surface area (TPSA) is 66.2 Å². The second-order valence-corrected chi connectivity index (χ2v) is 4.77. The monoisotopic (exact) mass is 259 g/mol. The Balaban J connectivity index is 1.58. The Labute approximate surface area is 111 Å². The maximum atomic E-state index is 11.7. The van der Waals surface area contributed by atoms with Crippen LogP contribution in [0.15, 0.2) is 30.5 Å². The Morgan fingerprint density at radius 2 is 2.32 bits per heavy atom. The number of aromatic nitrogens is 1. The van der Waals surface area contributed by atoms with Crippen molar-refractivity contribution < 1.29 is 9.53 Å². The molecule has 1 atom stereocenters. The van der Waals surface area contributed by atoms with E-state index >= 15 is 0 Å². The van der Waals surface area contributed by atoms with Crippen LogP contribution in [0.2, 0.25) is 0 Å². The van der Waals surface area contributed by atoms with E-state index in [0.717, 1.165) is 36.0 Å². The van der Waals surface area contributed by atoms with E-state index in [2.05, 4.69) is 15.6 Å². The van der Waals surface area contributed by atoms with Crippen molar-refractivity contribution in [3.8, 4) is 0 Å². The highest BCUT2D eigenvalue weighted by Gasteiger charge is 2.17. The van der Waals surface area contributed by atoms with Gasteiger partial charge in [-0.3, -0.25) is 0 Å². The normalized spacial score (nSPS) is 18.6. The minimum atomic E-state index is -0.348. The van der Waals surface area contributed by atoms with Crippen LogP contribution < -0.4 is 10.6 Å². The smallest absolute Gasteiger partial charge is 0.407 e. The number of H-pyrrole nitrogens is 1. The van der Waals surface area contributed by atoms with Crippen LogP contribution in [-0.2, 0) is 11.3 Å². The van der Waals surface area contributed by atoms with Crippen molar-refractivity contribution in [2.75, 3.05) is 13.1 Å². The van der Waals surface area contributed by atoms with Gasteiger partial charge in [-0.1, -0.05) is 18.2 Å². The fourth-order valence-electron chi connectivity index (χ4n) is 2.38. The molecule has 1 aliphatic heterocycles. The third kappa shape index (κ3) is 2.71. The molecule has 1 aliphatic rings. The summed E-state index contributed by atoms with van der Waals surface area (Å²) in [5.74, 6) is 0. The Morgan fingerprint density at radius 3 is 3.16 bits per heavy atom. The van der Waals surface area contributed by atoms with Crippen LogP contribution >= 0.6 is 0 Å². The zero-order chi connectivity index (χ0) is 13.1. The molecule has 0 bridgehead atoms. The molecule has 1 saturated heterocycles. The van der Waals surface area contributed by atoms with E-state index in [-0.39, 0.29) is 18.7 Å². The minimum Gasteiger partial charge on any atom is -0.445 e. The highest BCUT2D eigenvalue weighted by Crippen LogP contribution is 2.18. The van der Waals surface area contributed by atoms with Crippen molar-refractivity contribution in [3.63, 3.8) is 0 Å². The third-order valence-corrected chi connectivity index (χ3v) is 3.42. The number of carbonyl (C=O) groups excluding carboxylic acids is 1. The predicted molar refractivity (Wildman–Crippen MR) is 72.9 cm³/mol. The highest BCUT2D eigenvalue weighted by molar-refractivity contribution is 5.83. The highest BCUT2D eigenvalue weighted by atomic mass is 16.5. The summed E-state index contributed by atoms with van der Waals surface area (Å²) in [6, 6.07) is 8.16. The molecule has 100 valence electrons. The van der Waals surface area contributed by atoms with Crippen LogP contribution in [0.3, 0.4) is 0 Å². The van der Waals surface area contributed by atoms with E-state index in [1.807, 2.05) is 30.5 Å². The fourth-order valence-corrected chi connectivity index (χ4v) is 2.38. The lowest BCUT2D eigenvalue weighted by Gasteiger charge is -2.11. The van der Waals surface area contributed by atoms with Gasteiger partial charge in [-0.25, -0.2) is 4.79 Å². The van der Waals surface area contributed by atoms with Crippen LogP contribution in [0.1, 0.15) is 12.0 Å². The van der Waals surface area contributed by atoms with Crippen molar-refractivity contribution in [2.24, 2.45) is 0 Å². The van der Waals surface area contributed by atoms with Crippen LogP contribution in [0.25, 0.3) is 10.9 Å².